The Morgan fingerprint density at radius 1 is 1.12 bits per heavy atom. The van der Waals surface area contributed by atoms with Crippen molar-refractivity contribution in [1.29, 1.82) is 0 Å². The minimum atomic E-state index is 0.943. The van der Waals surface area contributed by atoms with E-state index in [-0.39, 0.29) is 0 Å². The monoisotopic (exact) mass is 327 g/mol. The Kier molecular flexibility index (Phi) is 3.09. The molecule has 0 aliphatic heterocycles. The highest BCUT2D eigenvalue weighted by molar-refractivity contribution is 14.1. The molecule has 1 aromatic carbocycles. The van der Waals surface area contributed by atoms with Crippen LogP contribution in [0.3, 0.4) is 0 Å². The minimum absolute atomic E-state index is 0.943. The Morgan fingerprint density at radius 2 is 1.94 bits per heavy atom. The van der Waals surface area contributed by atoms with Crippen LogP contribution in [0.25, 0.3) is 0 Å². The van der Waals surface area contributed by atoms with E-state index >= 15 is 0 Å². The van der Waals surface area contributed by atoms with Gasteiger partial charge in [-0.25, -0.2) is 0 Å². The van der Waals surface area contributed by atoms with Gasteiger partial charge < -0.3 is 5.32 Å². The summed E-state index contributed by atoms with van der Waals surface area (Å²) in [5.74, 6) is 3.04. The molecule has 3 atom stereocenters. The number of hydrogen-bond acceptors (Lipinski definition) is 1. The van der Waals surface area contributed by atoms with Gasteiger partial charge in [-0.3, -0.25) is 0 Å². The minimum Gasteiger partial charge on any atom is -0.385 e. The molecule has 2 bridgehead atoms. The van der Waals surface area contributed by atoms with Crippen LogP contribution in [0.4, 0.5) is 5.69 Å². The van der Waals surface area contributed by atoms with Gasteiger partial charge >= 0.3 is 0 Å². The van der Waals surface area contributed by atoms with Crippen LogP contribution >= 0.6 is 22.6 Å². The van der Waals surface area contributed by atoms with Crippen LogP contribution in [0.15, 0.2) is 24.3 Å². The fourth-order valence-corrected chi connectivity index (χ4v) is 3.80. The Balaban J connectivity index is 1.55. The molecule has 0 amide bonds. The summed E-state index contributed by atoms with van der Waals surface area (Å²) in [4.78, 5) is 0. The lowest BCUT2D eigenvalue weighted by Crippen LogP contribution is -2.20. The van der Waals surface area contributed by atoms with E-state index in [0.717, 1.165) is 17.8 Å². The number of hydrogen-bond donors (Lipinski definition) is 1. The Hall–Kier alpha value is -0.250. The number of rotatable bonds is 3. The second kappa shape index (κ2) is 4.55. The van der Waals surface area contributed by atoms with Crippen LogP contribution in [0.2, 0.25) is 0 Å². The summed E-state index contributed by atoms with van der Waals surface area (Å²) in [7, 11) is 0. The van der Waals surface area contributed by atoms with E-state index in [4.69, 9.17) is 0 Å². The van der Waals surface area contributed by atoms with Gasteiger partial charge in [0.25, 0.3) is 0 Å². The largest absolute Gasteiger partial charge is 0.385 e. The Bertz CT molecular complexity index is 360. The van der Waals surface area contributed by atoms with Gasteiger partial charge in [0.05, 0.1) is 0 Å². The third-order valence-electron chi connectivity index (χ3n) is 4.30. The maximum Gasteiger partial charge on any atom is 0.0340 e. The molecule has 16 heavy (non-hydrogen) atoms. The van der Waals surface area contributed by atoms with Gasteiger partial charge in [0.2, 0.25) is 0 Å². The van der Waals surface area contributed by atoms with E-state index in [9.17, 15) is 0 Å². The zero-order valence-electron chi connectivity index (χ0n) is 9.45. The normalized spacial score (nSPS) is 31.9. The van der Waals surface area contributed by atoms with Crippen molar-refractivity contribution in [3.05, 3.63) is 27.8 Å². The van der Waals surface area contributed by atoms with Gasteiger partial charge in [-0.05, 0) is 83.9 Å². The molecule has 2 heteroatoms. The van der Waals surface area contributed by atoms with Crippen molar-refractivity contribution in [2.24, 2.45) is 17.8 Å². The average Bonchev–Trinajstić information content (AvgIpc) is 2.90. The quantitative estimate of drug-likeness (QED) is 0.823. The van der Waals surface area contributed by atoms with E-state index in [1.807, 2.05) is 0 Å². The fourth-order valence-electron chi connectivity index (χ4n) is 3.44. The average molecular weight is 327 g/mol. The number of anilines is 1. The van der Waals surface area contributed by atoms with E-state index < -0.39 is 0 Å². The van der Waals surface area contributed by atoms with Crippen LogP contribution in [0.1, 0.15) is 25.7 Å². The zero-order valence-corrected chi connectivity index (χ0v) is 11.6. The molecule has 0 radical (unpaired) electrons. The molecule has 1 nitrogen and oxygen atoms in total. The van der Waals surface area contributed by atoms with E-state index in [1.165, 1.54) is 41.5 Å². The molecular formula is C14H18IN. The fraction of sp³-hybridized carbons (Fsp3) is 0.571. The highest BCUT2D eigenvalue weighted by atomic mass is 127. The molecule has 2 aliphatic carbocycles. The third-order valence-corrected chi connectivity index (χ3v) is 5.02. The predicted octanol–water partition coefficient (Wildman–Crippen LogP) is 4.14. The summed E-state index contributed by atoms with van der Waals surface area (Å²) >= 11 is 2.35. The van der Waals surface area contributed by atoms with Crippen LogP contribution in [0.5, 0.6) is 0 Å². The second-order valence-corrected chi connectivity index (χ2v) is 6.57. The van der Waals surface area contributed by atoms with Gasteiger partial charge in [-0.1, -0.05) is 6.42 Å². The molecule has 2 saturated carbocycles. The molecule has 2 aliphatic rings. The molecule has 0 saturated heterocycles. The van der Waals surface area contributed by atoms with E-state index in [2.05, 4.69) is 52.2 Å². The molecule has 1 aromatic rings. The molecule has 0 aromatic heterocycles. The highest BCUT2D eigenvalue weighted by Gasteiger charge is 2.38. The number of fused-ring (bicyclic) bond motifs is 2. The van der Waals surface area contributed by atoms with Gasteiger partial charge in [0.1, 0.15) is 0 Å². The third kappa shape index (κ3) is 2.22. The van der Waals surface area contributed by atoms with Crippen LogP contribution in [0, 0.1) is 21.3 Å². The van der Waals surface area contributed by atoms with Crippen molar-refractivity contribution >= 4 is 28.3 Å². The van der Waals surface area contributed by atoms with Crippen LogP contribution in [-0.2, 0) is 0 Å². The van der Waals surface area contributed by atoms with Crippen molar-refractivity contribution in [2.45, 2.75) is 25.7 Å². The van der Waals surface area contributed by atoms with Gasteiger partial charge in [-0.2, -0.15) is 0 Å². The summed E-state index contributed by atoms with van der Waals surface area (Å²) in [5.41, 5.74) is 1.28. The molecule has 0 heterocycles. The first-order chi connectivity index (χ1) is 7.81. The van der Waals surface area contributed by atoms with Crippen LogP contribution < -0.4 is 5.32 Å². The van der Waals surface area contributed by atoms with Crippen molar-refractivity contribution in [2.75, 3.05) is 11.9 Å². The smallest absolute Gasteiger partial charge is 0.0340 e. The first kappa shape index (κ1) is 10.9. The van der Waals surface area contributed by atoms with Crippen molar-refractivity contribution in [3.8, 4) is 0 Å². The number of nitrogens with one attached hydrogen (secondary N) is 1. The molecule has 1 N–H and O–H groups in total. The van der Waals surface area contributed by atoms with E-state index in [0.29, 0.717) is 0 Å². The second-order valence-electron chi connectivity index (χ2n) is 5.32. The summed E-state index contributed by atoms with van der Waals surface area (Å²) in [6.45, 7) is 1.18. The maximum absolute atomic E-state index is 3.60. The lowest BCUT2D eigenvalue weighted by molar-refractivity contribution is 0.348. The van der Waals surface area contributed by atoms with Crippen molar-refractivity contribution < 1.29 is 0 Å². The van der Waals surface area contributed by atoms with Crippen molar-refractivity contribution in [1.82, 2.24) is 0 Å². The Labute approximate surface area is 111 Å². The maximum atomic E-state index is 3.60. The summed E-state index contributed by atoms with van der Waals surface area (Å²) in [6.07, 6.45) is 5.98. The topological polar surface area (TPSA) is 12.0 Å². The lowest BCUT2D eigenvalue weighted by Gasteiger charge is -2.22. The SMILES string of the molecule is Ic1ccc(NCC2CC3CCC2C3)cc1. The summed E-state index contributed by atoms with van der Waals surface area (Å²) < 4.78 is 1.31. The van der Waals surface area contributed by atoms with Crippen LogP contribution in [-0.4, -0.2) is 6.54 Å². The van der Waals surface area contributed by atoms with E-state index in [1.54, 1.807) is 0 Å². The standard InChI is InChI=1S/C14H18IN/c15-13-3-5-14(6-4-13)16-9-12-8-10-1-2-11(12)7-10/h3-6,10-12,16H,1-2,7-9H2. The lowest BCUT2D eigenvalue weighted by atomic mass is 9.89. The first-order valence-electron chi connectivity index (χ1n) is 6.30. The molecule has 86 valence electrons. The first-order valence-corrected chi connectivity index (χ1v) is 7.38. The molecule has 3 unspecified atom stereocenters. The van der Waals surface area contributed by atoms with Gasteiger partial charge in [-0.15, -0.1) is 0 Å². The molecule has 3 rings (SSSR count). The summed E-state index contributed by atoms with van der Waals surface area (Å²) in [5, 5.41) is 3.60. The summed E-state index contributed by atoms with van der Waals surface area (Å²) in [6, 6.07) is 8.72. The van der Waals surface area contributed by atoms with Crippen molar-refractivity contribution in [3.63, 3.8) is 0 Å². The number of halogens is 1. The predicted molar refractivity (Wildman–Crippen MR) is 76.6 cm³/mol. The Morgan fingerprint density at radius 3 is 2.56 bits per heavy atom. The van der Waals surface area contributed by atoms with Gasteiger partial charge in [0.15, 0.2) is 0 Å². The van der Waals surface area contributed by atoms with Gasteiger partial charge in [0, 0.05) is 15.8 Å². The molecule has 0 spiro atoms. The zero-order chi connectivity index (χ0) is 11.0. The number of benzene rings is 1. The highest BCUT2D eigenvalue weighted by Crippen LogP contribution is 2.48. The molecule has 2 fully saturated rings. The molecular weight excluding hydrogens is 309 g/mol.